The van der Waals surface area contributed by atoms with Gasteiger partial charge >= 0.3 is 0 Å². The monoisotopic (exact) mass is 326 g/mol. The van der Waals surface area contributed by atoms with Gasteiger partial charge in [0.25, 0.3) is 0 Å². The Morgan fingerprint density at radius 2 is 2.08 bits per heavy atom. The molecule has 0 saturated heterocycles. The summed E-state index contributed by atoms with van der Waals surface area (Å²) in [5.74, 6) is 1.05. The molecule has 1 aliphatic heterocycles. The van der Waals surface area contributed by atoms with Crippen LogP contribution in [-0.4, -0.2) is 41.3 Å². The smallest absolute Gasteiger partial charge is 0.193 e. The van der Waals surface area contributed by atoms with Crippen molar-refractivity contribution >= 4 is 5.96 Å². The second-order valence-corrected chi connectivity index (χ2v) is 6.23. The lowest BCUT2D eigenvalue weighted by molar-refractivity contribution is 0.0292. The molecule has 2 unspecified atom stereocenters. The molecule has 24 heavy (non-hydrogen) atoms. The van der Waals surface area contributed by atoms with E-state index in [0.29, 0.717) is 18.1 Å². The number of ether oxygens (including phenoxy) is 1. The van der Waals surface area contributed by atoms with E-state index in [1.165, 1.54) is 0 Å². The van der Waals surface area contributed by atoms with Gasteiger partial charge in [-0.05, 0) is 30.2 Å². The molecule has 0 amide bonds. The summed E-state index contributed by atoms with van der Waals surface area (Å²) < 4.78 is 5.24. The maximum absolute atomic E-state index is 10.2. The number of aliphatic imine (C=N–C) groups is 1. The Hall–Kier alpha value is -2.60. The Balaban J connectivity index is 2.01. The van der Waals surface area contributed by atoms with Crippen LogP contribution in [0, 0.1) is 0 Å². The minimum atomic E-state index is -0.658. The fraction of sp³-hybridized carbons (Fsp3) is 0.333. The van der Waals surface area contributed by atoms with Gasteiger partial charge in [-0.1, -0.05) is 18.2 Å². The highest BCUT2D eigenvalue weighted by Gasteiger charge is 2.36. The number of pyridine rings is 1. The molecule has 0 aliphatic carbocycles. The molecule has 3 N–H and O–H groups in total. The molecule has 6 heteroatoms. The van der Waals surface area contributed by atoms with Crippen LogP contribution in [0.2, 0.25) is 0 Å². The van der Waals surface area contributed by atoms with Crippen molar-refractivity contribution in [1.29, 1.82) is 0 Å². The van der Waals surface area contributed by atoms with Crippen molar-refractivity contribution in [3.8, 4) is 16.9 Å². The first-order valence-electron chi connectivity index (χ1n) is 7.79. The van der Waals surface area contributed by atoms with Crippen LogP contribution in [0.5, 0.6) is 5.75 Å². The number of nitrogens with two attached hydrogens (primary N) is 1. The molecule has 2 aromatic rings. The molecular weight excluding hydrogens is 304 g/mol. The molecule has 0 saturated carbocycles. The minimum absolute atomic E-state index is 0.338. The molecule has 0 bridgehead atoms. The minimum Gasteiger partial charge on any atom is -0.495 e. The Bertz CT molecular complexity index is 777. The van der Waals surface area contributed by atoms with Crippen molar-refractivity contribution in [3.63, 3.8) is 0 Å². The van der Waals surface area contributed by atoms with E-state index in [1.54, 1.807) is 31.5 Å². The lowest BCUT2D eigenvalue weighted by Crippen LogP contribution is -2.50. The topological polar surface area (TPSA) is 84.0 Å². The maximum atomic E-state index is 10.2. The average Bonchev–Trinajstić information content (AvgIpc) is 2.60. The van der Waals surface area contributed by atoms with Gasteiger partial charge in [0.2, 0.25) is 0 Å². The van der Waals surface area contributed by atoms with Crippen molar-refractivity contribution in [2.75, 3.05) is 14.2 Å². The molecule has 1 aromatic carbocycles. The second-order valence-electron chi connectivity index (χ2n) is 6.23. The normalized spacial score (nSPS) is 23.8. The van der Waals surface area contributed by atoms with Gasteiger partial charge in [-0.25, -0.2) is 4.99 Å². The highest BCUT2D eigenvalue weighted by atomic mass is 16.5. The number of guanidine groups is 1. The number of aliphatic hydroxyl groups excluding tert-OH is 1. The molecule has 1 aromatic heterocycles. The number of rotatable bonds is 3. The molecule has 1 aliphatic rings. The SMILES string of the molecule is COc1cncc(-c2cccc(C3(C)CC(O)N(C)C(N)=N3)c2)c1. The van der Waals surface area contributed by atoms with Gasteiger partial charge < -0.3 is 20.5 Å². The predicted molar refractivity (Wildman–Crippen MR) is 93.6 cm³/mol. The molecule has 3 rings (SSSR count). The zero-order chi connectivity index (χ0) is 17.3. The van der Waals surface area contributed by atoms with E-state index in [9.17, 15) is 5.11 Å². The fourth-order valence-corrected chi connectivity index (χ4v) is 2.93. The lowest BCUT2D eigenvalue weighted by Gasteiger charge is -2.38. The number of hydrogen-bond acceptors (Lipinski definition) is 6. The molecular formula is C18H22N4O2. The lowest BCUT2D eigenvalue weighted by atomic mass is 9.86. The van der Waals surface area contributed by atoms with Gasteiger partial charge in [-0.2, -0.15) is 0 Å². The van der Waals surface area contributed by atoms with Crippen LogP contribution in [0.3, 0.4) is 0 Å². The highest BCUT2D eigenvalue weighted by molar-refractivity contribution is 5.79. The van der Waals surface area contributed by atoms with E-state index in [1.807, 2.05) is 31.2 Å². The summed E-state index contributed by atoms with van der Waals surface area (Å²) in [7, 11) is 3.36. The second kappa shape index (κ2) is 6.13. The van der Waals surface area contributed by atoms with Gasteiger partial charge in [-0.3, -0.25) is 4.98 Å². The quantitative estimate of drug-likeness (QED) is 0.900. The average molecular weight is 326 g/mol. The molecule has 2 atom stereocenters. The highest BCUT2D eigenvalue weighted by Crippen LogP contribution is 2.36. The summed E-state index contributed by atoms with van der Waals surface area (Å²) in [6.07, 6.45) is 3.29. The Morgan fingerprint density at radius 3 is 2.79 bits per heavy atom. The van der Waals surface area contributed by atoms with Crippen molar-refractivity contribution in [3.05, 3.63) is 48.3 Å². The van der Waals surface area contributed by atoms with E-state index in [4.69, 9.17) is 10.5 Å². The van der Waals surface area contributed by atoms with Crippen molar-refractivity contribution in [2.24, 2.45) is 10.7 Å². The fourth-order valence-electron chi connectivity index (χ4n) is 2.93. The van der Waals surface area contributed by atoms with Crippen LogP contribution in [0.1, 0.15) is 18.9 Å². The van der Waals surface area contributed by atoms with Crippen molar-refractivity contribution in [1.82, 2.24) is 9.88 Å². The van der Waals surface area contributed by atoms with E-state index in [-0.39, 0.29) is 0 Å². The number of nitrogens with zero attached hydrogens (tertiary/aromatic N) is 3. The molecule has 0 radical (unpaired) electrons. The third kappa shape index (κ3) is 2.92. The molecule has 2 heterocycles. The number of benzene rings is 1. The summed E-state index contributed by atoms with van der Waals surface area (Å²) in [5.41, 5.74) is 8.36. The van der Waals surface area contributed by atoms with Gasteiger partial charge in [0.05, 0.1) is 18.8 Å². The third-order valence-electron chi connectivity index (χ3n) is 4.52. The standard InChI is InChI=1S/C18H22N4O2/c1-18(9-16(23)22(2)17(19)21-18)14-6-4-5-12(7-14)13-8-15(24-3)11-20-10-13/h4-8,10-11,16,23H,9H2,1-3H3,(H2,19,21). The first kappa shape index (κ1) is 16.3. The van der Waals surface area contributed by atoms with Crippen LogP contribution in [-0.2, 0) is 5.54 Å². The number of hydrogen-bond donors (Lipinski definition) is 2. The van der Waals surface area contributed by atoms with E-state index in [0.717, 1.165) is 16.7 Å². The Labute approximate surface area is 141 Å². The number of methoxy groups -OCH3 is 1. The first-order chi connectivity index (χ1) is 11.4. The number of aliphatic hydroxyl groups is 1. The zero-order valence-corrected chi connectivity index (χ0v) is 14.1. The zero-order valence-electron chi connectivity index (χ0n) is 14.1. The largest absolute Gasteiger partial charge is 0.495 e. The van der Waals surface area contributed by atoms with Gasteiger partial charge in [0.1, 0.15) is 12.0 Å². The molecule has 126 valence electrons. The Morgan fingerprint density at radius 1 is 1.29 bits per heavy atom. The summed E-state index contributed by atoms with van der Waals surface area (Å²) in [6.45, 7) is 1.99. The van der Waals surface area contributed by atoms with E-state index >= 15 is 0 Å². The van der Waals surface area contributed by atoms with Crippen LogP contribution in [0.4, 0.5) is 0 Å². The van der Waals surface area contributed by atoms with Gasteiger partial charge in [0, 0.05) is 25.2 Å². The summed E-state index contributed by atoms with van der Waals surface area (Å²) in [5, 5.41) is 10.2. The van der Waals surface area contributed by atoms with Crippen LogP contribution >= 0.6 is 0 Å². The third-order valence-corrected chi connectivity index (χ3v) is 4.52. The maximum Gasteiger partial charge on any atom is 0.193 e. The predicted octanol–water partition coefficient (Wildman–Crippen LogP) is 1.94. The van der Waals surface area contributed by atoms with E-state index in [2.05, 4.69) is 16.0 Å². The van der Waals surface area contributed by atoms with Crippen molar-refractivity contribution < 1.29 is 9.84 Å². The van der Waals surface area contributed by atoms with Crippen molar-refractivity contribution in [2.45, 2.75) is 25.1 Å². The summed E-state index contributed by atoms with van der Waals surface area (Å²) in [6, 6.07) is 10.0. The van der Waals surface area contributed by atoms with Crippen LogP contribution in [0.15, 0.2) is 47.7 Å². The van der Waals surface area contributed by atoms with E-state index < -0.39 is 11.8 Å². The first-order valence-corrected chi connectivity index (χ1v) is 7.79. The van der Waals surface area contributed by atoms with Gasteiger partial charge in [0.15, 0.2) is 5.96 Å². The summed E-state index contributed by atoms with van der Waals surface area (Å²) in [4.78, 5) is 10.4. The van der Waals surface area contributed by atoms with Crippen LogP contribution in [0.25, 0.3) is 11.1 Å². The van der Waals surface area contributed by atoms with Gasteiger partial charge in [-0.15, -0.1) is 0 Å². The number of aromatic nitrogens is 1. The molecule has 6 nitrogen and oxygen atoms in total. The van der Waals surface area contributed by atoms with Crippen LogP contribution < -0.4 is 10.5 Å². The molecule has 0 fully saturated rings. The Kier molecular flexibility index (Phi) is 4.15. The summed E-state index contributed by atoms with van der Waals surface area (Å²) >= 11 is 0. The molecule has 0 spiro atoms.